The summed E-state index contributed by atoms with van der Waals surface area (Å²) < 4.78 is 37.5. The van der Waals surface area contributed by atoms with Crippen molar-refractivity contribution in [3.05, 3.63) is 0 Å². The zero-order valence-electron chi connectivity index (χ0n) is 10.2. The molecule has 17 heavy (non-hydrogen) atoms. The summed E-state index contributed by atoms with van der Waals surface area (Å²) in [7, 11) is 0. The normalized spacial score (nSPS) is 31.9. The summed E-state index contributed by atoms with van der Waals surface area (Å²) in [5, 5.41) is 3.52. The monoisotopic (exact) mass is 249 g/mol. The second-order valence-corrected chi connectivity index (χ2v) is 5.65. The quantitative estimate of drug-likeness (QED) is 0.800. The third-order valence-electron chi connectivity index (χ3n) is 4.36. The Morgan fingerprint density at radius 2 is 1.47 bits per heavy atom. The molecule has 1 nitrogen and oxygen atoms in total. The summed E-state index contributed by atoms with van der Waals surface area (Å²) in [6, 6.07) is 0.635. The van der Waals surface area contributed by atoms with Crippen LogP contribution in [0.5, 0.6) is 0 Å². The Morgan fingerprint density at radius 3 is 2.00 bits per heavy atom. The van der Waals surface area contributed by atoms with Gasteiger partial charge >= 0.3 is 6.18 Å². The van der Waals surface area contributed by atoms with Gasteiger partial charge in [-0.25, -0.2) is 0 Å². The van der Waals surface area contributed by atoms with E-state index in [9.17, 15) is 13.2 Å². The lowest BCUT2D eigenvalue weighted by Crippen LogP contribution is -2.35. The van der Waals surface area contributed by atoms with E-state index in [0.717, 1.165) is 19.4 Å². The van der Waals surface area contributed by atoms with E-state index >= 15 is 0 Å². The summed E-state index contributed by atoms with van der Waals surface area (Å²) >= 11 is 0. The molecule has 0 radical (unpaired) electrons. The molecule has 0 bridgehead atoms. The fraction of sp³-hybridized carbons (Fsp3) is 1.00. The second-order valence-electron chi connectivity index (χ2n) is 5.65. The minimum Gasteiger partial charge on any atom is -0.314 e. The highest BCUT2D eigenvalue weighted by Crippen LogP contribution is 2.39. The van der Waals surface area contributed by atoms with Crippen LogP contribution in [0, 0.1) is 11.8 Å². The van der Waals surface area contributed by atoms with Gasteiger partial charge in [-0.15, -0.1) is 0 Å². The topological polar surface area (TPSA) is 12.0 Å². The zero-order valence-corrected chi connectivity index (χ0v) is 10.2. The van der Waals surface area contributed by atoms with Crippen molar-refractivity contribution in [2.45, 2.75) is 63.6 Å². The maximum Gasteiger partial charge on any atom is 0.391 e. The molecule has 0 amide bonds. The Morgan fingerprint density at radius 1 is 0.882 bits per heavy atom. The SMILES string of the molecule is FC(F)(F)C1CCC(CNC2CCCC2)CC1. The molecule has 0 atom stereocenters. The number of hydrogen-bond donors (Lipinski definition) is 1. The van der Waals surface area contributed by atoms with Crippen molar-refractivity contribution in [2.24, 2.45) is 11.8 Å². The molecule has 1 N–H and O–H groups in total. The number of nitrogens with one attached hydrogen (secondary N) is 1. The van der Waals surface area contributed by atoms with Crippen molar-refractivity contribution in [2.75, 3.05) is 6.54 Å². The van der Waals surface area contributed by atoms with Gasteiger partial charge in [0, 0.05) is 6.04 Å². The van der Waals surface area contributed by atoms with E-state index in [1.807, 2.05) is 0 Å². The molecule has 4 heteroatoms. The Bertz CT molecular complexity index is 225. The molecule has 2 saturated carbocycles. The largest absolute Gasteiger partial charge is 0.391 e. The van der Waals surface area contributed by atoms with Gasteiger partial charge in [-0.05, 0) is 51.0 Å². The van der Waals surface area contributed by atoms with Crippen molar-refractivity contribution >= 4 is 0 Å². The first kappa shape index (κ1) is 13.2. The maximum atomic E-state index is 12.5. The Kier molecular flexibility index (Phi) is 4.34. The van der Waals surface area contributed by atoms with Crippen LogP contribution in [0.25, 0.3) is 0 Å². The third kappa shape index (κ3) is 3.87. The van der Waals surface area contributed by atoms with Crippen molar-refractivity contribution in [1.29, 1.82) is 0 Å². The molecule has 0 unspecified atom stereocenters. The Labute approximate surface area is 101 Å². The summed E-state index contributed by atoms with van der Waals surface area (Å²) in [5.74, 6) is -0.570. The van der Waals surface area contributed by atoms with Gasteiger partial charge in [-0.2, -0.15) is 13.2 Å². The van der Waals surface area contributed by atoms with Gasteiger partial charge in [-0.3, -0.25) is 0 Å². The molecule has 0 heterocycles. The van der Waals surface area contributed by atoms with Crippen LogP contribution in [0.4, 0.5) is 13.2 Å². The van der Waals surface area contributed by atoms with Crippen LogP contribution in [0.3, 0.4) is 0 Å². The predicted molar refractivity (Wildman–Crippen MR) is 61.8 cm³/mol. The molecule has 2 fully saturated rings. The van der Waals surface area contributed by atoms with Gasteiger partial charge in [0.2, 0.25) is 0 Å². The van der Waals surface area contributed by atoms with Crippen LogP contribution in [0.2, 0.25) is 0 Å². The summed E-state index contributed by atoms with van der Waals surface area (Å²) in [6.07, 6.45) is 3.28. The first-order chi connectivity index (χ1) is 8.05. The van der Waals surface area contributed by atoms with Crippen molar-refractivity contribution in [3.63, 3.8) is 0 Å². The average Bonchev–Trinajstić information content (AvgIpc) is 2.78. The molecule has 0 aromatic carbocycles. The minimum absolute atomic E-state index is 0.334. The second kappa shape index (κ2) is 5.59. The van der Waals surface area contributed by atoms with Gasteiger partial charge in [0.25, 0.3) is 0 Å². The number of alkyl halides is 3. The first-order valence-electron chi connectivity index (χ1n) is 6.86. The Hall–Kier alpha value is -0.250. The fourth-order valence-electron chi connectivity index (χ4n) is 3.16. The van der Waals surface area contributed by atoms with Crippen LogP contribution in [-0.4, -0.2) is 18.8 Å². The number of rotatable bonds is 3. The highest BCUT2D eigenvalue weighted by atomic mass is 19.4. The van der Waals surface area contributed by atoms with E-state index in [4.69, 9.17) is 0 Å². The van der Waals surface area contributed by atoms with Crippen molar-refractivity contribution in [3.8, 4) is 0 Å². The van der Waals surface area contributed by atoms with E-state index in [0.29, 0.717) is 24.8 Å². The zero-order chi connectivity index (χ0) is 12.3. The molecule has 100 valence electrons. The van der Waals surface area contributed by atoms with Gasteiger partial charge < -0.3 is 5.32 Å². The smallest absolute Gasteiger partial charge is 0.314 e. The van der Waals surface area contributed by atoms with E-state index in [1.54, 1.807) is 0 Å². The highest BCUT2D eigenvalue weighted by molar-refractivity contribution is 4.80. The van der Waals surface area contributed by atoms with E-state index in [2.05, 4.69) is 5.32 Å². The van der Waals surface area contributed by atoms with Crippen LogP contribution < -0.4 is 5.32 Å². The summed E-state index contributed by atoms with van der Waals surface area (Å²) in [5.41, 5.74) is 0. The van der Waals surface area contributed by atoms with Crippen LogP contribution >= 0.6 is 0 Å². The van der Waals surface area contributed by atoms with E-state index in [-0.39, 0.29) is 0 Å². The number of halogens is 3. The lowest BCUT2D eigenvalue weighted by atomic mass is 9.81. The standard InChI is InChI=1S/C13H22F3N/c14-13(15,16)11-7-5-10(6-8-11)9-17-12-3-1-2-4-12/h10-12,17H,1-9H2. The third-order valence-corrected chi connectivity index (χ3v) is 4.36. The van der Waals surface area contributed by atoms with Gasteiger partial charge in [0.15, 0.2) is 0 Å². The van der Waals surface area contributed by atoms with E-state index < -0.39 is 12.1 Å². The molecule has 2 rings (SSSR count). The summed E-state index contributed by atoms with van der Waals surface area (Å²) in [4.78, 5) is 0. The molecule has 0 spiro atoms. The number of hydrogen-bond acceptors (Lipinski definition) is 1. The molecular formula is C13H22F3N. The molecule has 0 aliphatic heterocycles. The van der Waals surface area contributed by atoms with Crippen LogP contribution in [0.15, 0.2) is 0 Å². The van der Waals surface area contributed by atoms with Crippen LogP contribution in [-0.2, 0) is 0 Å². The molecular weight excluding hydrogens is 227 g/mol. The first-order valence-corrected chi connectivity index (χ1v) is 6.86. The Balaban J connectivity index is 1.65. The predicted octanol–water partition coefficient (Wildman–Crippen LogP) is 3.89. The van der Waals surface area contributed by atoms with Gasteiger partial charge in [-0.1, -0.05) is 12.8 Å². The molecule has 2 aliphatic carbocycles. The van der Waals surface area contributed by atoms with Gasteiger partial charge in [0.05, 0.1) is 5.92 Å². The minimum atomic E-state index is -3.97. The van der Waals surface area contributed by atoms with Crippen LogP contribution in [0.1, 0.15) is 51.4 Å². The summed E-state index contributed by atoms with van der Waals surface area (Å²) in [6.45, 7) is 0.926. The maximum absolute atomic E-state index is 12.5. The molecule has 0 aromatic rings. The fourth-order valence-corrected chi connectivity index (χ4v) is 3.16. The highest BCUT2D eigenvalue weighted by Gasteiger charge is 2.41. The molecule has 2 aliphatic rings. The average molecular weight is 249 g/mol. The van der Waals surface area contributed by atoms with E-state index in [1.165, 1.54) is 25.7 Å². The molecule has 0 saturated heterocycles. The molecule has 0 aromatic heterocycles. The van der Waals surface area contributed by atoms with Gasteiger partial charge in [0.1, 0.15) is 0 Å². The lowest BCUT2D eigenvalue weighted by molar-refractivity contribution is -0.183. The lowest BCUT2D eigenvalue weighted by Gasteiger charge is -2.30. The van der Waals surface area contributed by atoms with Crippen molar-refractivity contribution < 1.29 is 13.2 Å². The van der Waals surface area contributed by atoms with Crippen molar-refractivity contribution in [1.82, 2.24) is 5.32 Å².